The first-order chi connectivity index (χ1) is 9.04. The van der Waals surface area contributed by atoms with Crippen molar-refractivity contribution in [2.24, 2.45) is 0 Å². The van der Waals surface area contributed by atoms with Gasteiger partial charge in [-0.2, -0.15) is 0 Å². The topological polar surface area (TPSA) is 84.7 Å². The first kappa shape index (κ1) is 15.5. The van der Waals surface area contributed by atoms with Crippen LogP contribution in [0.4, 0.5) is 5.82 Å². The van der Waals surface area contributed by atoms with Gasteiger partial charge in [-0.25, -0.2) is 0 Å². The second-order valence-electron chi connectivity index (χ2n) is 3.80. The number of carbonyl (C=O) groups is 2. The molecule has 1 unspecified atom stereocenters. The molecule has 106 valence electrons. The van der Waals surface area contributed by atoms with Gasteiger partial charge in [0, 0.05) is 19.7 Å². The first-order valence-electron chi connectivity index (χ1n) is 5.66. The lowest BCUT2D eigenvalue weighted by atomic mass is 10.3. The fourth-order valence-electron chi connectivity index (χ4n) is 1.35. The van der Waals surface area contributed by atoms with Crippen LogP contribution in [-0.2, 0) is 14.3 Å². The van der Waals surface area contributed by atoms with Crippen LogP contribution in [0.5, 0.6) is 0 Å². The minimum atomic E-state index is -0.697. The van der Waals surface area contributed by atoms with Crippen LogP contribution in [-0.4, -0.2) is 54.1 Å². The average Bonchev–Trinajstić information content (AvgIpc) is 2.86. The van der Waals surface area contributed by atoms with E-state index in [1.807, 2.05) is 0 Å². The van der Waals surface area contributed by atoms with Crippen molar-refractivity contribution in [3.63, 3.8) is 0 Å². The molecule has 1 heterocycles. The van der Waals surface area contributed by atoms with Gasteiger partial charge < -0.3 is 19.5 Å². The third-order valence-corrected chi connectivity index (χ3v) is 2.44. The Balaban J connectivity index is 2.55. The maximum Gasteiger partial charge on any atom is 0.245 e. The zero-order chi connectivity index (χ0) is 14.3. The molecular formula is C11H16ClN3O4. The van der Waals surface area contributed by atoms with Gasteiger partial charge in [0.1, 0.15) is 18.2 Å². The molecule has 1 rings (SSSR count). The van der Waals surface area contributed by atoms with Gasteiger partial charge >= 0.3 is 0 Å². The maximum atomic E-state index is 11.8. The Morgan fingerprint density at radius 3 is 2.89 bits per heavy atom. The average molecular weight is 290 g/mol. The Labute approximate surface area is 115 Å². The molecule has 0 bridgehead atoms. The minimum absolute atomic E-state index is 0.119. The molecule has 2 amide bonds. The van der Waals surface area contributed by atoms with E-state index >= 15 is 0 Å². The van der Waals surface area contributed by atoms with Crippen molar-refractivity contribution in [1.82, 2.24) is 10.1 Å². The molecule has 0 aromatic carbocycles. The van der Waals surface area contributed by atoms with E-state index in [0.29, 0.717) is 19.0 Å². The van der Waals surface area contributed by atoms with Crippen molar-refractivity contribution >= 4 is 29.2 Å². The van der Waals surface area contributed by atoms with Crippen LogP contribution in [0.2, 0.25) is 0 Å². The SMILES string of the molecule is COCCN(CC(=O)Nc1ccon1)C(=O)C(C)Cl. The molecule has 0 aliphatic carbocycles. The monoisotopic (exact) mass is 289 g/mol. The summed E-state index contributed by atoms with van der Waals surface area (Å²) >= 11 is 5.74. The van der Waals surface area contributed by atoms with Crippen molar-refractivity contribution < 1.29 is 18.8 Å². The Morgan fingerprint density at radius 1 is 1.63 bits per heavy atom. The number of methoxy groups -OCH3 is 1. The highest BCUT2D eigenvalue weighted by molar-refractivity contribution is 6.30. The fourth-order valence-corrected chi connectivity index (χ4v) is 1.49. The van der Waals surface area contributed by atoms with Crippen molar-refractivity contribution in [2.75, 3.05) is 32.1 Å². The summed E-state index contributed by atoms with van der Waals surface area (Å²) in [6.45, 7) is 2.05. The zero-order valence-electron chi connectivity index (χ0n) is 10.8. The molecule has 0 spiro atoms. The number of ether oxygens (including phenoxy) is 1. The highest BCUT2D eigenvalue weighted by Gasteiger charge is 2.21. The van der Waals surface area contributed by atoms with Gasteiger partial charge in [0.15, 0.2) is 5.82 Å². The number of nitrogens with zero attached hydrogens (tertiary/aromatic N) is 2. The van der Waals surface area contributed by atoms with E-state index in [1.165, 1.54) is 24.3 Å². The van der Waals surface area contributed by atoms with Crippen molar-refractivity contribution in [2.45, 2.75) is 12.3 Å². The number of carbonyl (C=O) groups excluding carboxylic acids is 2. The molecule has 0 aliphatic rings. The van der Waals surface area contributed by atoms with Crippen LogP contribution in [0.1, 0.15) is 6.92 Å². The third-order valence-electron chi connectivity index (χ3n) is 2.26. The molecule has 7 nitrogen and oxygen atoms in total. The van der Waals surface area contributed by atoms with Gasteiger partial charge in [0.2, 0.25) is 11.8 Å². The Bertz CT molecular complexity index is 408. The number of hydrogen-bond donors (Lipinski definition) is 1. The van der Waals surface area contributed by atoms with Crippen molar-refractivity contribution in [1.29, 1.82) is 0 Å². The third kappa shape index (κ3) is 5.27. The quantitative estimate of drug-likeness (QED) is 0.748. The minimum Gasteiger partial charge on any atom is -0.383 e. The van der Waals surface area contributed by atoms with Crippen LogP contribution < -0.4 is 5.32 Å². The van der Waals surface area contributed by atoms with Crippen LogP contribution in [0.3, 0.4) is 0 Å². The summed E-state index contributed by atoms with van der Waals surface area (Å²) < 4.78 is 9.48. The second-order valence-corrected chi connectivity index (χ2v) is 4.46. The molecular weight excluding hydrogens is 274 g/mol. The number of amides is 2. The summed E-state index contributed by atoms with van der Waals surface area (Å²) in [5.41, 5.74) is 0. The molecule has 0 saturated carbocycles. The predicted octanol–water partition coefficient (Wildman–Crippen LogP) is 0.715. The highest BCUT2D eigenvalue weighted by Crippen LogP contribution is 2.04. The summed E-state index contributed by atoms with van der Waals surface area (Å²) in [7, 11) is 1.52. The van der Waals surface area contributed by atoms with Crippen LogP contribution in [0.25, 0.3) is 0 Å². The standard InChI is InChI=1S/C11H16ClN3O4/c1-8(12)11(17)15(4-6-18-2)7-10(16)13-9-3-5-19-14-9/h3,5,8H,4,6-7H2,1-2H3,(H,13,14,16). The molecule has 1 atom stereocenters. The molecule has 1 aromatic rings. The number of halogens is 1. The largest absolute Gasteiger partial charge is 0.383 e. The highest BCUT2D eigenvalue weighted by atomic mass is 35.5. The van der Waals surface area contributed by atoms with Crippen molar-refractivity contribution in [3.05, 3.63) is 12.3 Å². The van der Waals surface area contributed by atoms with Crippen molar-refractivity contribution in [3.8, 4) is 0 Å². The summed E-state index contributed by atoms with van der Waals surface area (Å²) in [4.78, 5) is 24.9. The lowest BCUT2D eigenvalue weighted by Crippen LogP contribution is -2.42. The summed E-state index contributed by atoms with van der Waals surface area (Å²) in [6.07, 6.45) is 1.34. The van der Waals surface area contributed by atoms with Crippen LogP contribution >= 0.6 is 11.6 Å². The molecule has 0 saturated heterocycles. The maximum absolute atomic E-state index is 11.8. The molecule has 19 heavy (non-hydrogen) atoms. The summed E-state index contributed by atoms with van der Waals surface area (Å²) in [5.74, 6) is -0.409. The molecule has 0 radical (unpaired) electrons. The number of aromatic nitrogens is 1. The van der Waals surface area contributed by atoms with Gasteiger partial charge in [-0.1, -0.05) is 5.16 Å². The normalized spacial score (nSPS) is 11.9. The fraction of sp³-hybridized carbons (Fsp3) is 0.545. The Morgan fingerprint density at radius 2 is 2.37 bits per heavy atom. The molecule has 8 heteroatoms. The lowest BCUT2D eigenvalue weighted by molar-refractivity contribution is -0.134. The van der Waals surface area contributed by atoms with E-state index in [1.54, 1.807) is 6.92 Å². The van der Waals surface area contributed by atoms with Gasteiger partial charge in [-0.05, 0) is 6.92 Å². The van der Waals surface area contributed by atoms with Crippen LogP contribution in [0.15, 0.2) is 16.9 Å². The van der Waals surface area contributed by atoms with E-state index in [9.17, 15) is 9.59 Å². The van der Waals surface area contributed by atoms with E-state index in [-0.39, 0.29) is 18.4 Å². The van der Waals surface area contributed by atoms with E-state index in [4.69, 9.17) is 16.3 Å². The van der Waals surface area contributed by atoms with Crippen LogP contribution in [0, 0.1) is 0 Å². The molecule has 1 N–H and O–H groups in total. The van der Waals surface area contributed by atoms with E-state index in [2.05, 4.69) is 15.0 Å². The van der Waals surface area contributed by atoms with Gasteiger partial charge in [-0.15, -0.1) is 11.6 Å². The predicted molar refractivity (Wildman–Crippen MR) is 68.9 cm³/mol. The Kier molecular flexibility index (Phi) is 6.31. The van der Waals surface area contributed by atoms with Gasteiger partial charge in [-0.3, -0.25) is 9.59 Å². The lowest BCUT2D eigenvalue weighted by Gasteiger charge is -2.22. The summed E-state index contributed by atoms with van der Waals surface area (Å²) in [5, 5.41) is 5.35. The number of anilines is 1. The summed E-state index contributed by atoms with van der Waals surface area (Å²) in [6, 6.07) is 1.50. The molecule has 0 fully saturated rings. The second kappa shape index (κ2) is 7.75. The smallest absolute Gasteiger partial charge is 0.245 e. The first-order valence-corrected chi connectivity index (χ1v) is 6.10. The number of rotatable bonds is 7. The van der Waals surface area contributed by atoms with Gasteiger partial charge in [0.05, 0.1) is 6.61 Å². The number of hydrogen-bond acceptors (Lipinski definition) is 5. The van der Waals surface area contributed by atoms with E-state index in [0.717, 1.165) is 0 Å². The number of alkyl halides is 1. The number of nitrogens with one attached hydrogen (secondary N) is 1. The Hall–Kier alpha value is -1.60. The zero-order valence-corrected chi connectivity index (χ0v) is 11.5. The van der Waals surface area contributed by atoms with E-state index < -0.39 is 5.38 Å². The van der Waals surface area contributed by atoms with Gasteiger partial charge in [0.25, 0.3) is 0 Å². The molecule has 0 aliphatic heterocycles. The molecule has 1 aromatic heterocycles.